The lowest BCUT2D eigenvalue weighted by Gasteiger charge is -2.36. The molecule has 0 aromatic rings. The molecule has 2 bridgehead atoms. The summed E-state index contributed by atoms with van der Waals surface area (Å²) in [6.45, 7) is 1.77. The standard InChI is InChI=1S/C15H25NO2/c1-18-9-8-15(6-2-3-7-15)14(17)16-11-12-4-5-13(16)10-12/h12-13H,2-11H2,1H3. The van der Waals surface area contributed by atoms with Crippen LogP contribution in [0.4, 0.5) is 0 Å². The molecule has 3 aliphatic rings. The van der Waals surface area contributed by atoms with Crippen LogP contribution in [0.3, 0.4) is 0 Å². The number of carbonyl (C=O) groups is 1. The molecule has 1 heterocycles. The minimum Gasteiger partial charge on any atom is -0.385 e. The first-order valence-electron chi connectivity index (χ1n) is 7.55. The number of carbonyl (C=O) groups excluding carboxylic acids is 1. The summed E-state index contributed by atoms with van der Waals surface area (Å²) >= 11 is 0. The number of ether oxygens (including phenoxy) is 1. The number of rotatable bonds is 4. The van der Waals surface area contributed by atoms with Crippen LogP contribution in [0.5, 0.6) is 0 Å². The van der Waals surface area contributed by atoms with Crippen LogP contribution in [0.1, 0.15) is 51.4 Å². The lowest BCUT2D eigenvalue weighted by molar-refractivity contribution is -0.144. The molecule has 3 heteroatoms. The highest BCUT2D eigenvalue weighted by Crippen LogP contribution is 2.46. The van der Waals surface area contributed by atoms with Gasteiger partial charge < -0.3 is 9.64 Å². The summed E-state index contributed by atoms with van der Waals surface area (Å²) in [5.74, 6) is 1.27. The van der Waals surface area contributed by atoms with Crippen molar-refractivity contribution in [3.63, 3.8) is 0 Å². The number of hydrogen-bond acceptors (Lipinski definition) is 2. The molecule has 1 saturated heterocycles. The third-order valence-electron chi connectivity index (χ3n) is 5.47. The Balaban J connectivity index is 1.72. The summed E-state index contributed by atoms with van der Waals surface area (Å²) in [6.07, 6.45) is 9.40. The second-order valence-electron chi connectivity index (χ2n) is 6.52. The third kappa shape index (κ3) is 1.97. The van der Waals surface area contributed by atoms with Crippen LogP contribution >= 0.6 is 0 Å². The number of likely N-dealkylation sites (tertiary alicyclic amines) is 1. The van der Waals surface area contributed by atoms with Crippen molar-refractivity contribution in [1.29, 1.82) is 0 Å². The van der Waals surface area contributed by atoms with E-state index >= 15 is 0 Å². The fraction of sp³-hybridized carbons (Fsp3) is 0.933. The smallest absolute Gasteiger partial charge is 0.229 e. The number of methoxy groups -OCH3 is 1. The van der Waals surface area contributed by atoms with Gasteiger partial charge in [0.25, 0.3) is 0 Å². The van der Waals surface area contributed by atoms with E-state index in [0.29, 0.717) is 11.9 Å². The van der Waals surface area contributed by atoms with Crippen molar-refractivity contribution in [3.8, 4) is 0 Å². The zero-order valence-corrected chi connectivity index (χ0v) is 11.5. The molecule has 2 unspecified atom stereocenters. The van der Waals surface area contributed by atoms with Crippen LogP contribution in [-0.2, 0) is 9.53 Å². The van der Waals surface area contributed by atoms with E-state index in [1.807, 2.05) is 0 Å². The molecule has 2 saturated carbocycles. The van der Waals surface area contributed by atoms with Crippen LogP contribution in [-0.4, -0.2) is 37.1 Å². The first kappa shape index (κ1) is 12.5. The molecule has 0 aromatic carbocycles. The fourth-order valence-electron chi connectivity index (χ4n) is 4.40. The molecule has 102 valence electrons. The average molecular weight is 251 g/mol. The molecular formula is C15H25NO2. The Morgan fingerprint density at radius 2 is 2.11 bits per heavy atom. The SMILES string of the molecule is COCCC1(C(=O)N2CC3CCC2C3)CCCC1. The Kier molecular flexibility index (Phi) is 3.35. The molecule has 3 rings (SSSR count). The minimum absolute atomic E-state index is 0.0690. The van der Waals surface area contributed by atoms with E-state index in [0.717, 1.165) is 38.3 Å². The highest BCUT2D eigenvalue weighted by molar-refractivity contribution is 5.83. The van der Waals surface area contributed by atoms with Gasteiger partial charge >= 0.3 is 0 Å². The fourth-order valence-corrected chi connectivity index (χ4v) is 4.40. The summed E-state index contributed by atoms with van der Waals surface area (Å²) in [7, 11) is 1.74. The molecule has 0 N–H and O–H groups in total. The van der Waals surface area contributed by atoms with Gasteiger partial charge in [0, 0.05) is 26.3 Å². The Hall–Kier alpha value is -0.570. The maximum absolute atomic E-state index is 12.9. The Morgan fingerprint density at radius 1 is 1.33 bits per heavy atom. The average Bonchev–Trinajstić information content (AvgIpc) is 3.11. The maximum Gasteiger partial charge on any atom is 0.229 e. The van der Waals surface area contributed by atoms with Gasteiger partial charge in [-0.3, -0.25) is 4.79 Å². The van der Waals surface area contributed by atoms with Crippen LogP contribution in [0.25, 0.3) is 0 Å². The third-order valence-corrected chi connectivity index (χ3v) is 5.47. The number of nitrogens with zero attached hydrogens (tertiary/aromatic N) is 1. The maximum atomic E-state index is 12.9. The van der Waals surface area contributed by atoms with Gasteiger partial charge in [-0.25, -0.2) is 0 Å². The first-order valence-corrected chi connectivity index (χ1v) is 7.55. The number of piperidine rings is 1. The second kappa shape index (κ2) is 4.84. The quantitative estimate of drug-likeness (QED) is 0.768. The van der Waals surface area contributed by atoms with E-state index in [1.165, 1.54) is 32.1 Å². The lowest BCUT2D eigenvalue weighted by atomic mass is 9.81. The molecule has 3 nitrogen and oxygen atoms in total. The van der Waals surface area contributed by atoms with Gasteiger partial charge in [0.05, 0.1) is 5.41 Å². The van der Waals surface area contributed by atoms with E-state index in [9.17, 15) is 4.79 Å². The summed E-state index contributed by atoms with van der Waals surface area (Å²) < 4.78 is 5.23. The molecule has 2 aliphatic carbocycles. The molecule has 1 amide bonds. The Morgan fingerprint density at radius 3 is 2.67 bits per heavy atom. The van der Waals surface area contributed by atoms with Crippen molar-refractivity contribution in [1.82, 2.24) is 4.90 Å². The van der Waals surface area contributed by atoms with Gasteiger partial charge in [-0.15, -0.1) is 0 Å². The van der Waals surface area contributed by atoms with Gasteiger partial charge in [-0.05, 0) is 44.4 Å². The normalized spacial score (nSPS) is 33.3. The summed E-state index contributed by atoms with van der Waals surface area (Å²) in [5, 5.41) is 0. The Labute approximate surface area is 110 Å². The highest BCUT2D eigenvalue weighted by Gasteiger charge is 2.48. The molecule has 0 radical (unpaired) electrons. The number of fused-ring (bicyclic) bond motifs is 2. The predicted octanol–water partition coefficient (Wildman–Crippen LogP) is 2.59. The number of hydrogen-bond donors (Lipinski definition) is 0. The largest absolute Gasteiger partial charge is 0.385 e. The molecule has 1 aliphatic heterocycles. The minimum atomic E-state index is -0.0690. The van der Waals surface area contributed by atoms with E-state index < -0.39 is 0 Å². The van der Waals surface area contributed by atoms with Crippen molar-refractivity contribution in [3.05, 3.63) is 0 Å². The lowest BCUT2D eigenvalue weighted by Crippen LogP contribution is -2.46. The predicted molar refractivity (Wildman–Crippen MR) is 70.2 cm³/mol. The van der Waals surface area contributed by atoms with Crippen molar-refractivity contribution < 1.29 is 9.53 Å². The van der Waals surface area contributed by atoms with Crippen LogP contribution in [0.2, 0.25) is 0 Å². The summed E-state index contributed by atoms with van der Waals surface area (Å²) in [5.41, 5.74) is -0.0690. The van der Waals surface area contributed by atoms with E-state index in [1.54, 1.807) is 7.11 Å². The number of amides is 1. The zero-order valence-electron chi connectivity index (χ0n) is 11.5. The first-order chi connectivity index (χ1) is 8.75. The van der Waals surface area contributed by atoms with Crippen molar-refractivity contribution in [2.24, 2.45) is 11.3 Å². The summed E-state index contributed by atoms with van der Waals surface area (Å²) in [4.78, 5) is 15.2. The second-order valence-corrected chi connectivity index (χ2v) is 6.52. The van der Waals surface area contributed by atoms with Crippen LogP contribution in [0, 0.1) is 11.3 Å². The molecule has 0 spiro atoms. The van der Waals surface area contributed by atoms with Crippen molar-refractivity contribution >= 4 is 5.91 Å². The molecular weight excluding hydrogens is 226 g/mol. The van der Waals surface area contributed by atoms with Gasteiger partial charge in [-0.1, -0.05) is 12.8 Å². The topological polar surface area (TPSA) is 29.5 Å². The molecule has 3 fully saturated rings. The zero-order chi connectivity index (χ0) is 12.6. The van der Waals surface area contributed by atoms with Crippen LogP contribution < -0.4 is 0 Å². The highest BCUT2D eigenvalue weighted by atomic mass is 16.5. The molecule has 0 aromatic heterocycles. The molecule has 18 heavy (non-hydrogen) atoms. The van der Waals surface area contributed by atoms with E-state index in [4.69, 9.17) is 4.74 Å². The molecule has 2 atom stereocenters. The summed E-state index contributed by atoms with van der Waals surface area (Å²) in [6, 6.07) is 0.572. The van der Waals surface area contributed by atoms with Gasteiger partial charge in [0.2, 0.25) is 5.91 Å². The van der Waals surface area contributed by atoms with Gasteiger partial charge in [0.1, 0.15) is 0 Å². The Bertz CT molecular complexity index is 322. The van der Waals surface area contributed by atoms with Crippen LogP contribution in [0.15, 0.2) is 0 Å². The van der Waals surface area contributed by atoms with E-state index in [2.05, 4.69) is 4.90 Å². The van der Waals surface area contributed by atoms with Crippen molar-refractivity contribution in [2.75, 3.05) is 20.3 Å². The van der Waals surface area contributed by atoms with Gasteiger partial charge in [0.15, 0.2) is 0 Å². The van der Waals surface area contributed by atoms with Crippen molar-refractivity contribution in [2.45, 2.75) is 57.4 Å². The van der Waals surface area contributed by atoms with E-state index in [-0.39, 0.29) is 5.41 Å². The van der Waals surface area contributed by atoms with Gasteiger partial charge in [-0.2, -0.15) is 0 Å². The monoisotopic (exact) mass is 251 g/mol.